The molecule has 5 heteroatoms. The SMILES string of the molecule is O=C(CN1CCCC1CCCO)c1ccc(Cl)c(Cl)c1. The molecule has 1 unspecified atom stereocenters. The van der Waals surface area contributed by atoms with E-state index in [9.17, 15) is 4.79 Å². The third-order valence-corrected chi connectivity index (χ3v) is 4.52. The van der Waals surface area contributed by atoms with Gasteiger partial charge in [0.05, 0.1) is 16.6 Å². The number of benzene rings is 1. The van der Waals surface area contributed by atoms with Crippen LogP contribution in [0.1, 0.15) is 36.0 Å². The van der Waals surface area contributed by atoms with Gasteiger partial charge in [0.15, 0.2) is 5.78 Å². The molecule has 1 aromatic rings. The van der Waals surface area contributed by atoms with E-state index in [1.165, 1.54) is 0 Å². The monoisotopic (exact) mass is 315 g/mol. The van der Waals surface area contributed by atoms with Crippen molar-refractivity contribution in [3.8, 4) is 0 Å². The van der Waals surface area contributed by atoms with Crippen LogP contribution in [0.2, 0.25) is 10.0 Å². The van der Waals surface area contributed by atoms with Gasteiger partial charge in [-0.1, -0.05) is 23.2 Å². The number of aliphatic hydroxyl groups excluding tert-OH is 1. The number of nitrogens with zero attached hydrogens (tertiary/aromatic N) is 1. The first-order chi connectivity index (χ1) is 9.61. The second-order valence-corrected chi connectivity index (χ2v) is 6.00. The normalized spacial score (nSPS) is 19.4. The molecule has 1 aliphatic rings. The quantitative estimate of drug-likeness (QED) is 0.818. The molecule has 1 heterocycles. The Morgan fingerprint density at radius 2 is 2.15 bits per heavy atom. The summed E-state index contributed by atoms with van der Waals surface area (Å²) in [7, 11) is 0. The zero-order valence-corrected chi connectivity index (χ0v) is 12.8. The number of ketones is 1. The maximum Gasteiger partial charge on any atom is 0.176 e. The highest BCUT2D eigenvalue weighted by atomic mass is 35.5. The summed E-state index contributed by atoms with van der Waals surface area (Å²) in [6.45, 7) is 1.57. The molecule has 0 radical (unpaired) electrons. The van der Waals surface area contributed by atoms with Gasteiger partial charge in [0, 0.05) is 18.2 Å². The van der Waals surface area contributed by atoms with E-state index in [2.05, 4.69) is 4.90 Å². The van der Waals surface area contributed by atoms with Crippen LogP contribution in [0.5, 0.6) is 0 Å². The highest BCUT2D eigenvalue weighted by Crippen LogP contribution is 2.24. The fraction of sp³-hybridized carbons (Fsp3) is 0.533. The first-order valence-corrected chi connectivity index (χ1v) is 7.70. The van der Waals surface area contributed by atoms with E-state index in [0.29, 0.717) is 28.2 Å². The molecular formula is C15H19Cl2NO2. The van der Waals surface area contributed by atoms with Crippen LogP contribution in [0.4, 0.5) is 0 Å². The van der Waals surface area contributed by atoms with Gasteiger partial charge in [-0.3, -0.25) is 9.69 Å². The Hall–Kier alpha value is -0.610. The van der Waals surface area contributed by atoms with Crippen LogP contribution >= 0.6 is 23.2 Å². The molecule has 1 aromatic carbocycles. The van der Waals surface area contributed by atoms with Crippen molar-refractivity contribution in [1.29, 1.82) is 0 Å². The van der Waals surface area contributed by atoms with Crippen molar-refractivity contribution in [2.75, 3.05) is 19.7 Å². The minimum atomic E-state index is 0.0689. The second kappa shape index (κ2) is 7.41. The first-order valence-electron chi connectivity index (χ1n) is 6.95. The van der Waals surface area contributed by atoms with Gasteiger partial charge in [-0.05, 0) is 50.4 Å². The van der Waals surface area contributed by atoms with Crippen molar-refractivity contribution in [2.45, 2.75) is 31.7 Å². The largest absolute Gasteiger partial charge is 0.396 e. The number of halogens is 2. The molecule has 110 valence electrons. The van der Waals surface area contributed by atoms with Gasteiger partial charge < -0.3 is 5.11 Å². The molecule has 3 nitrogen and oxygen atoms in total. The first kappa shape index (κ1) is 15.8. The minimum absolute atomic E-state index is 0.0689. The predicted molar refractivity (Wildman–Crippen MR) is 81.7 cm³/mol. The zero-order valence-electron chi connectivity index (χ0n) is 11.3. The summed E-state index contributed by atoms with van der Waals surface area (Å²) in [5.74, 6) is 0.0689. The van der Waals surface area contributed by atoms with Crippen LogP contribution in [-0.2, 0) is 0 Å². The molecular weight excluding hydrogens is 297 g/mol. The maximum absolute atomic E-state index is 12.3. The molecule has 1 saturated heterocycles. The molecule has 0 amide bonds. The lowest BCUT2D eigenvalue weighted by molar-refractivity contribution is 0.0916. The van der Waals surface area contributed by atoms with Crippen LogP contribution in [0.15, 0.2) is 18.2 Å². The molecule has 0 aromatic heterocycles. The van der Waals surface area contributed by atoms with Crippen molar-refractivity contribution < 1.29 is 9.90 Å². The van der Waals surface area contributed by atoms with Crippen LogP contribution in [-0.4, -0.2) is 41.5 Å². The highest BCUT2D eigenvalue weighted by molar-refractivity contribution is 6.42. The lowest BCUT2D eigenvalue weighted by Crippen LogP contribution is -2.34. The summed E-state index contributed by atoms with van der Waals surface area (Å²) in [6, 6.07) is 5.42. The van der Waals surface area contributed by atoms with Gasteiger partial charge in [0.25, 0.3) is 0 Å². The Kier molecular flexibility index (Phi) is 5.85. The number of hydrogen-bond acceptors (Lipinski definition) is 3. The Morgan fingerprint density at radius 1 is 1.35 bits per heavy atom. The fourth-order valence-corrected chi connectivity index (χ4v) is 3.00. The molecule has 1 N–H and O–H groups in total. The van der Waals surface area contributed by atoms with Crippen molar-refractivity contribution in [3.05, 3.63) is 33.8 Å². The van der Waals surface area contributed by atoms with Crippen molar-refractivity contribution >= 4 is 29.0 Å². The molecule has 0 aliphatic carbocycles. The predicted octanol–water partition coefficient (Wildman–Crippen LogP) is 3.41. The van der Waals surface area contributed by atoms with Crippen molar-refractivity contribution in [1.82, 2.24) is 4.90 Å². The third-order valence-electron chi connectivity index (χ3n) is 3.78. The number of likely N-dealkylation sites (tertiary alicyclic amines) is 1. The fourth-order valence-electron chi connectivity index (χ4n) is 2.70. The Bertz CT molecular complexity index is 479. The Morgan fingerprint density at radius 3 is 2.85 bits per heavy atom. The van der Waals surface area contributed by atoms with E-state index in [0.717, 1.165) is 32.2 Å². The average Bonchev–Trinajstić information content (AvgIpc) is 2.86. The summed E-state index contributed by atoms with van der Waals surface area (Å²) in [5.41, 5.74) is 0.604. The number of carbonyl (C=O) groups is 1. The summed E-state index contributed by atoms with van der Waals surface area (Å²) in [4.78, 5) is 14.5. The van der Waals surface area contributed by atoms with E-state index >= 15 is 0 Å². The lowest BCUT2D eigenvalue weighted by Gasteiger charge is -2.23. The standard InChI is InChI=1S/C15H19Cl2NO2/c16-13-6-5-11(9-14(13)17)15(20)10-18-7-1-3-12(18)4-2-8-19/h5-6,9,12,19H,1-4,7-8,10H2. The van der Waals surface area contributed by atoms with Gasteiger partial charge in [0.1, 0.15) is 0 Å². The number of hydrogen-bond donors (Lipinski definition) is 1. The molecule has 1 fully saturated rings. The number of carbonyl (C=O) groups excluding carboxylic acids is 1. The zero-order chi connectivity index (χ0) is 14.5. The van der Waals surface area contributed by atoms with Crippen LogP contribution in [0, 0.1) is 0 Å². The smallest absolute Gasteiger partial charge is 0.176 e. The van der Waals surface area contributed by atoms with E-state index < -0.39 is 0 Å². The summed E-state index contributed by atoms with van der Waals surface area (Å²) < 4.78 is 0. The summed E-state index contributed by atoms with van der Waals surface area (Å²) >= 11 is 11.8. The molecule has 0 saturated carbocycles. The highest BCUT2D eigenvalue weighted by Gasteiger charge is 2.26. The topological polar surface area (TPSA) is 40.5 Å². The van der Waals surface area contributed by atoms with E-state index in [1.807, 2.05) is 0 Å². The van der Waals surface area contributed by atoms with Crippen LogP contribution in [0.25, 0.3) is 0 Å². The van der Waals surface area contributed by atoms with Gasteiger partial charge in [-0.25, -0.2) is 0 Å². The van der Waals surface area contributed by atoms with Crippen LogP contribution in [0.3, 0.4) is 0 Å². The molecule has 0 spiro atoms. The van der Waals surface area contributed by atoms with Gasteiger partial charge >= 0.3 is 0 Å². The summed E-state index contributed by atoms with van der Waals surface area (Å²) in [6.07, 6.45) is 3.96. The molecule has 1 aliphatic heterocycles. The second-order valence-electron chi connectivity index (χ2n) is 5.18. The number of aliphatic hydroxyl groups is 1. The lowest BCUT2D eigenvalue weighted by atomic mass is 10.1. The Balaban J connectivity index is 1.97. The molecule has 2 rings (SSSR count). The molecule has 20 heavy (non-hydrogen) atoms. The van der Waals surface area contributed by atoms with E-state index in [1.54, 1.807) is 18.2 Å². The minimum Gasteiger partial charge on any atom is -0.396 e. The average molecular weight is 316 g/mol. The van der Waals surface area contributed by atoms with Crippen LogP contribution < -0.4 is 0 Å². The summed E-state index contributed by atoms with van der Waals surface area (Å²) in [5, 5.41) is 9.79. The number of Topliss-reactive ketones (excluding diaryl/α,β-unsaturated/α-hetero) is 1. The van der Waals surface area contributed by atoms with Gasteiger partial charge in [-0.15, -0.1) is 0 Å². The Labute approximate surface area is 129 Å². The molecule has 1 atom stereocenters. The molecule has 0 bridgehead atoms. The van der Waals surface area contributed by atoms with Gasteiger partial charge in [-0.2, -0.15) is 0 Å². The van der Waals surface area contributed by atoms with Crippen molar-refractivity contribution in [3.63, 3.8) is 0 Å². The third kappa shape index (κ3) is 3.95. The van der Waals surface area contributed by atoms with Gasteiger partial charge in [0.2, 0.25) is 0 Å². The van der Waals surface area contributed by atoms with E-state index in [-0.39, 0.29) is 12.4 Å². The number of rotatable bonds is 6. The van der Waals surface area contributed by atoms with Crippen molar-refractivity contribution in [2.24, 2.45) is 0 Å². The van der Waals surface area contributed by atoms with E-state index in [4.69, 9.17) is 28.3 Å². The maximum atomic E-state index is 12.3.